The molecule has 2 fully saturated rings. The fourth-order valence-corrected chi connectivity index (χ4v) is 4.55. The Bertz CT molecular complexity index is 1110. The van der Waals surface area contributed by atoms with Gasteiger partial charge in [-0.25, -0.2) is 9.31 Å². The number of H-pyrrole nitrogens is 1. The molecule has 3 aromatic rings. The van der Waals surface area contributed by atoms with Gasteiger partial charge in [0, 0.05) is 31.5 Å². The summed E-state index contributed by atoms with van der Waals surface area (Å²) in [5, 5.41) is 4.35. The number of nitrogens with zero attached hydrogens (tertiary/aromatic N) is 4. The number of fused-ring (bicyclic) bond motifs is 1. The monoisotopic (exact) mass is 379 g/mol. The van der Waals surface area contributed by atoms with Crippen molar-refractivity contribution in [2.24, 2.45) is 11.8 Å². The molecule has 1 aliphatic heterocycles. The summed E-state index contributed by atoms with van der Waals surface area (Å²) in [4.78, 5) is 28.5. The highest BCUT2D eigenvalue weighted by Gasteiger charge is 2.27. The van der Waals surface area contributed by atoms with Crippen LogP contribution in [0.15, 0.2) is 46.4 Å². The molecule has 0 spiro atoms. The van der Waals surface area contributed by atoms with Crippen molar-refractivity contribution >= 4 is 5.52 Å². The first-order valence-corrected chi connectivity index (χ1v) is 10.2. The van der Waals surface area contributed by atoms with Crippen LogP contribution in [0.2, 0.25) is 0 Å². The van der Waals surface area contributed by atoms with Crippen LogP contribution >= 0.6 is 0 Å². The van der Waals surface area contributed by atoms with Gasteiger partial charge < -0.3 is 4.90 Å². The van der Waals surface area contributed by atoms with Gasteiger partial charge in [0.2, 0.25) is 0 Å². The summed E-state index contributed by atoms with van der Waals surface area (Å²) in [5.74, 6) is 1.62. The number of likely N-dealkylation sites (tertiary alicyclic amines) is 1. The lowest BCUT2D eigenvalue weighted by Crippen LogP contribution is -2.31. The second kappa shape index (κ2) is 7.05. The van der Waals surface area contributed by atoms with Gasteiger partial charge in [0.15, 0.2) is 0 Å². The van der Waals surface area contributed by atoms with Crippen LogP contribution in [0, 0.1) is 11.8 Å². The highest BCUT2D eigenvalue weighted by molar-refractivity contribution is 5.64. The number of hydrogen-bond acceptors (Lipinski definition) is 4. The van der Waals surface area contributed by atoms with Crippen LogP contribution < -0.4 is 11.2 Å². The van der Waals surface area contributed by atoms with E-state index in [1.807, 2.05) is 6.20 Å². The lowest BCUT2D eigenvalue weighted by molar-refractivity contribution is 0.200. The van der Waals surface area contributed by atoms with Crippen LogP contribution in [-0.2, 0) is 6.42 Å². The van der Waals surface area contributed by atoms with Gasteiger partial charge in [0.1, 0.15) is 0 Å². The molecule has 28 heavy (non-hydrogen) atoms. The molecule has 7 nitrogen and oxygen atoms in total. The highest BCUT2D eigenvalue weighted by Crippen LogP contribution is 2.30. The second-order valence-electron chi connectivity index (χ2n) is 8.29. The van der Waals surface area contributed by atoms with Crippen molar-refractivity contribution in [3.05, 3.63) is 63.2 Å². The van der Waals surface area contributed by atoms with Crippen LogP contribution in [-0.4, -0.2) is 43.7 Å². The van der Waals surface area contributed by atoms with Gasteiger partial charge in [0.05, 0.1) is 17.4 Å². The van der Waals surface area contributed by atoms with Crippen LogP contribution in [0.1, 0.15) is 31.2 Å². The van der Waals surface area contributed by atoms with Crippen LogP contribution in [0.5, 0.6) is 0 Å². The van der Waals surface area contributed by atoms with Gasteiger partial charge in [-0.05, 0) is 61.8 Å². The molecule has 5 rings (SSSR count). The Balaban J connectivity index is 1.36. The third-order valence-corrected chi connectivity index (χ3v) is 6.28. The van der Waals surface area contributed by atoms with E-state index < -0.39 is 11.2 Å². The Morgan fingerprint density at radius 1 is 1.11 bits per heavy atom. The van der Waals surface area contributed by atoms with Crippen LogP contribution in [0.25, 0.3) is 11.2 Å². The zero-order valence-electron chi connectivity index (χ0n) is 15.9. The van der Waals surface area contributed by atoms with Crippen LogP contribution in [0.4, 0.5) is 0 Å². The van der Waals surface area contributed by atoms with E-state index in [2.05, 4.69) is 27.1 Å². The van der Waals surface area contributed by atoms with Gasteiger partial charge >= 0.3 is 5.69 Å². The summed E-state index contributed by atoms with van der Waals surface area (Å²) < 4.78 is 3.21. The minimum atomic E-state index is -0.449. The van der Waals surface area contributed by atoms with Gasteiger partial charge in [-0.15, -0.1) is 0 Å². The summed E-state index contributed by atoms with van der Waals surface area (Å²) in [6.45, 7) is 3.68. The van der Waals surface area contributed by atoms with Crippen LogP contribution in [0.3, 0.4) is 0 Å². The maximum Gasteiger partial charge on any atom is 0.333 e. The summed E-state index contributed by atoms with van der Waals surface area (Å²) in [7, 11) is 0. The average molecular weight is 379 g/mol. The van der Waals surface area contributed by atoms with Crippen molar-refractivity contribution in [2.45, 2.75) is 32.1 Å². The SMILES string of the molecule is O=c1ccn(-c2cnn3ccc(CC4CCN(CC5CCC5)C4)cc23)c(=O)[nH]1. The number of aromatic nitrogens is 4. The average Bonchev–Trinajstić information content (AvgIpc) is 3.25. The van der Waals surface area contributed by atoms with E-state index in [4.69, 9.17) is 0 Å². The Morgan fingerprint density at radius 3 is 2.79 bits per heavy atom. The van der Waals surface area contributed by atoms with Crippen molar-refractivity contribution in [3.63, 3.8) is 0 Å². The minimum absolute atomic E-state index is 0.397. The number of hydrogen-bond donors (Lipinski definition) is 1. The largest absolute Gasteiger partial charge is 0.333 e. The number of nitrogens with one attached hydrogen (secondary N) is 1. The fraction of sp³-hybridized carbons (Fsp3) is 0.476. The summed E-state index contributed by atoms with van der Waals surface area (Å²) in [5.41, 5.74) is 1.97. The zero-order valence-corrected chi connectivity index (χ0v) is 15.9. The lowest BCUT2D eigenvalue weighted by Gasteiger charge is -2.30. The molecule has 4 heterocycles. The molecule has 0 aromatic carbocycles. The standard InChI is InChI=1S/C21H25N5O2/c27-20-6-8-25(21(28)23-20)19-12-22-26-9-5-16(11-18(19)26)10-17-4-7-24(14-17)13-15-2-1-3-15/h5-6,8-9,11-12,15,17H,1-4,7,10,13-14H2,(H,23,27,28). The van der Waals surface area contributed by atoms with E-state index in [1.54, 1.807) is 10.7 Å². The molecule has 0 bridgehead atoms. The predicted molar refractivity (Wildman–Crippen MR) is 107 cm³/mol. The van der Waals surface area contributed by atoms with Crippen molar-refractivity contribution in [1.82, 2.24) is 24.1 Å². The van der Waals surface area contributed by atoms with Gasteiger partial charge in [-0.1, -0.05) is 6.42 Å². The topological polar surface area (TPSA) is 75.4 Å². The summed E-state index contributed by atoms with van der Waals surface area (Å²) in [6.07, 6.45) is 11.6. The quantitative estimate of drug-likeness (QED) is 0.734. The Kier molecular flexibility index (Phi) is 4.39. The van der Waals surface area contributed by atoms with E-state index in [1.165, 1.54) is 67.7 Å². The normalized spacial score (nSPS) is 20.6. The maximum absolute atomic E-state index is 12.2. The predicted octanol–water partition coefficient (Wildman–Crippen LogP) is 1.84. The second-order valence-corrected chi connectivity index (χ2v) is 8.29. The molecule has 2 aliphatic rings. The van der Waals surface area contributed by atoms with E-state index in [0.29, 0.717) is 11.6 Å². The minimum Gasteiger partial charge on any atom is -0.303 e. The Labute approximate surface area is 162 Å². The van der Waals surface area contributed by atoms with Crippen molar-refractivity contribution in [2.75, 3.05) is 19.6 Å². The first-order valence-electron chi connectivity index (χ1n) is 10.2. The molecule has 0 amide bonds. The fourth-order valence-electron chi connectivity index (χ4n) is 4.55. The molecule has 7 heteroatoms. The molecular weight excluding hydrogens is 354 g/mol. The number of rotatable bonds is 5. The first kappa shape index (κ1) is 17.4. The molecular formula is C21H25N5O2. The van der Waals surface area contributed by atoms with Crippen molar-refractivity contribution < 1.29 is 0 Å². The Morgan fingerprint density at radius 2 is 2.00 bits per heavy atom. The molecule has 3 aromatic heterocycles. The molecule has 1 aliphatic carbocycles. The molecule has 1 N–H and O–H groups in total. The van der Waals surface area contributed by atoms with E-state index in [0.717, 1.165) is 17.9 Å². The molecule has 1 saturated carbocycles. The molecule has 146 valence electrons. The smallest absolute Gasteiger partial charge is 0.303 e. The van der Waals surface area contributed by atoms with Gasteiger partial charge in [0.25, 0.3) is 5.56 Å². The van der Waals surface area contributed by atoms with Gasteiger partial charge in [-0.2, -0.15) is 5.10 Å². The number of aromatic amines is 1. The highest BCUT2D eigenvalue weighted by atomic mass is 16.2. The molecule has 1 unspecified atom stereocenters. The van der Waals surface area contributed by atoms with Gasteiger partial charge in [-0.3, -0.25) is 14.3 Å². The van der Waals surface area contributed by atoms with Crippen molar-refractivity contribution in [1.29, 1.82) is 0 Å². The molecule has 1 saturated heterocycles. The summed E-state index contributed by atoms with van der Waals surface area (Å²) in [6, 6.07) is 5.59. The Hall–Kier alpha value is -2.67. The number of pyridine rings is 1. The van der Waals surface area contributed by atoms with E-state index >= 15 is 0 Å². The van der Waals surface area contributed by atoms with Crippen molar-refractivity contribution in [3.8, 4) is 5.69 Å². The first-order chi connectivity index (χ1) is 13.7. The maximum atomic E-state index is 12.2. The third kappa shape index (κ3) is 3.30. The molecule has 0 radical (unpaired) electrons. The third-order valence-electron chi connectivity index (χ3n) is 6.28. The summed E-state index contributed by atoms with van der Waals surface area (Å²) >= 11 is 0. The van der Waals surface area contributed by atoms with E-state index in [9.17, 15) is 9.59 Å². The molecule has 1 atom stereocenters. The zero-order chi connectivity index (χ0) is 19.1. The van der Waals surface area contributed by atoms with E-state index in [-0.39, 0.29) is 0 Å². The lowest BCUT2D eigenvalue weighted by atomic mass is 9.85.